The second-order valence-electron chi connectivity index (χ2n) is 3.79. The van der Waals surface area contributed by atoms with Gasteiger partial charge in [-0.05, 0) is 13.3 Å². The van der Waals surface area contributed by atoms with E-state index in [0.29, 0.717) is 13.2 Å². The van der Waals surface area contributed by atoms with Crippen LogP contribution in [0.1, 0.15) is 33.6 Å². The third kappa shape index (κ3) is 42.8. The van der Waals surface area contributed by atoms with E-state index in [4.69, 9.17) is 24.9 Å². The number of aliphatic carboxylic acids is 1. The Bertz CT molecular complexity index is 223. The Kier molecular flexibility index (Phi) is 29.0. The number of hydrogen-bond donors (Lipinski definition) is 3. The highest BCUT2D eigenvalue weighted by Gasteiger charge is 1.98. The number of carbonyl (C=O) groups is 2. The quantitative estimate of drug-likeness (QED) is 0.390. The van der Waals surface area contributed by atoms with Crippen LogP contribution in [-0.4, -0.2) is 73.5 Å². The van der Waals surface area contributed by atoms with Gasteiger partial charge in [-0.25, -0.2) is 4.79 Å². The molecule has 0 aliphatic heterocycles. The molecule has 0 aliphatic carbocycles. The molecule has 0 aromatic carbocycles. The van der Waals surface area contributed by atoms with Gasteiger partial charge in [0.05, 0.1) is 33.0 Å². The summed E-state index contributed by atoms with van der Waals surface area (Å²) in [4.78, 5) is 19.5. The van der Waals surface area contributed by atoms with Crippen LogP contribution in [0.25, 0.3) is 0 Å². The van der Waals surface area contributed by atoms with E-state index in [1.54, 1.807) is 6.92 Å². The van der Waals surface area contributed by atoms with Gasteiger partial charge >= 0.3 is 5.97 Å². The number of aliphatic hydroxyl groups excluding tert-OH is 2. The number of ether oxygens (including phenoxy) is 3. The van der Waals surface area contributed by atoms with Crippen molar-refractivity contribution in [2.24, 2.45) is 0 Å². The van der Waals surface area contributed by atoms with Crippen molar-refractivity contribution in [3.63, 3.8) is 0 Å². The average molecular weight is 326 g/mol. The Hall–Kier alpha value is -1.22. The van der Waals surface area contributed by atoms with Crippen molar-refractivity contribution in [1.82, 2.24) is 0 Å². The van der Waals surface area contributed by atoms with Crippen molar-refractivity contribution >= 4 is 11.9 Å². The molecule has 0 amide bonds. The first-order valence-electron chi connectivity index (χ1n) is 7.18. The number of aliphatic hydroxyl groups is 2. The molecular formula is C14H30O8. The van der Waals surface area contributed by atoms with Crippen molar-refractivity contribution in [1.29, 1.82) is 0 Å². The second kappa shape index (κ2) is 24.8. The van der Waals surface area contributed by atoms with Crippen LogP contribution in [0.5, 0.6) is 0 Å². The predicted molar refractivity (Wildman–Crippen MR) is 80.7 cm³/mol. The maximum Gasteiger partial charge on any atom is 0.332 e. The summed E-state index contributed by atoms with van der Waals surface area (Å²) in [5.74, 6) is -1.23. The van der Waals surface area contributed by atoms with Crippen molar-refractivity contribution in [2.75, 3.05) is 46.2 Å². The Balaban J connectivity index is -0.000000269. The number of esters is 1. The van der Waals surface area contributed by atoms with Crippen LogP contribution in [0.2, 0.25) is 0 Å². The summed E-state index contributed by atoms with van der Waals surface area (Å²) < 4.78 is 14.2. The standard InChI is InChI=1S/C6H12O4.C6H14O2.C2H4O2/c1-2-10-6(8)5-9-4-3-7;1-2-3-5-8-6-4-7;1-2(3)4/h7H,2-5H2,1H3;7H,2-6H2,1H3;1H3,(H,3,4). The minimum absolute atomic E-state index is 0.0700. The van der Waals surface area contributed by atoms with Gasteiger partial charge in [0, 0.05) is 13.5 Å². The van der Waals surface area contributed by atoms with Crippen LogP contribution >= 0.6 is 0 Å². The summed E-state index contributed by atoms with van der Waals surface area (Å²) in [5, 5.41) is 23.9. The highest BCUT2D eigenvalue weighted by Crippen LogP contribution is 1.85. The third-order valence-corrected chi connectivity index (χ3v) is 1.64. The van der Waals surface area contributed by atoms with E-state index in [-0.39, 0.29) is 26.4 Å². The van der Waals surface area contributed by atoms with Gasteiger partial charge < -0.3 is 29.5 Å². The molecule has 0 aliphatic rings. The van der Waals surface area contributed by atoms with E-state index in [1.165, 1.54) is 0 Å². The molecule has 0 radical (unpaired) electrons. The fraction of sp³-hybridized carbons (Fsp3) is 0.857. The molecule has 0 spiro atoms. The second-order valence-corrected chi connectivity index (χ2v) is 3.79. The first-order valence-corrected chi connectivity index (χ1v) is 7.18. The number of unbranched alkanes of at least 4 members (excludes halogenated alkanes) is 1. The zero-order valence-corrected chi connectivity index (χ0v) is 13.7. The Morgan fingerprint density at radius 1 is 0.955 bits per heavy atom. The monoisotopic (exact) mass is 326 g/mol. The molecule has 0 atom stereocenters. The van der Waals surface area contributed by atoms with Gasteiger partial charge in [0.1, 0.15) is 6.61 Å². The summed E-state index contributed by atoms with van der Waals surface area (Å²) in [5.41, 5.74) is 0. The highest BCUT2D eigenvalue weighted by atomic mass is 16.6. The summed E-state index contributed by atoms with van der Waals surface area (Å²) in [6.07, 6.45) is 2.26. The van der Waals surface area contributed by atoms with Gasteiger partial charge in [0.25, 0.3) is 5.97 Å². The van der Waals surface area contributed by atoms with Gasteiger partial charge in [0.2, 0.25) is 0 Å². The minimum Gasteiger partial charge on any atom is -0.481 e. The first-order chi connectivity index (χ1) is 10.5. The van der Waals surface area contributed by atoms with Crippen LogP contribution in [0, 0.1) is 0 Å². The SMILES string of the molecule is CC(=O)O.CCCCOCCO.CCOC(=O)COCCO. The fourth-order valence-electron chi connectivity index (χ4n) is 0.836. The largest absolute Gasteiger partial charge is 0.481 e. The lowest BCUT2D eigenvalue weighted by Gasteiger charge is -2.00. The molecule has 8 heteroatoms. The number of rotatable bonds is 10. The van der Waals surface area contributed by atoms with Crippen LogP contribution < -0.4 is 0 Å². The number of carboxylic acids is 1. The van der Waals surface area contributed by atoms with Crippen LogP contribution in [0.15, 0.2) is 0 Å². The van der Waals surface area contributed by atoms with Crippen LogP contribution in [-0.2, 0) is 23.8 Å². The summed E-state index contributed by atoms with van der Waals surface area (Å²) in [6.45, 7) is 6.74. The Morgan fingerprint density at radius 2 is 1.45 bits per heavy atom. The zero-order valence-electron chi connectivity index (χ0n) is 13.7. The van der Waals surface area contributed by atoms with E-state index >= 15 is 0 Å². The Morgan fingerprint density at radius 3 is 1.86 bits per heavy atom. The van der Waals surface area contributed by atoms with E-state index in [2.05, 4.69) is 16.4 Å². The van der Waals surface area contributed by atoms with Crippen molar-refractivity contribution in [3.8, 4) is 0 Å². The topological polar surface area (TPSA) is 123 Å². The molecule has 22 heavy (non-hydrogen) atoms. The maximum atomic E-state index is 10.5. The maximum absolute atomic E-state index is 10.5. The van der Waals surface area contributed by atoms with Gasteiger partial charge in [-0.15, -0.1) is 0 Å². The lowest BCUT2D eigenvalue weighted by Crippen LogP contribution is -2.13. The zero-order chi connectivity index (χ0) is 17.6. The number of carboxylic acid groups (broad SMARTS) is 1. The molecule has 0 rings (SSSR count). The fourth-order valence-corrected chi connectivity index (χ4v) is 0.836. The minimum atomic E-state index is -0.833. The van der Waals surface area contributed by atoms with Gasteiger partial charge in [0.15, 0.2) is 0 Å². The van der Waals surface area contributed by atoms with Crippen molar-refractivity contribution < 1.29 is 39.1 Å². The van der Waals surface area contributed by atoms with E-state index in [0.717, 1.165) is 26.4 Å². The van der Waals surface area contributed by atoms with Gasteiger partial charge in [-0.2, -0.15) is 0 Å². The highest BCUT2D eigenvalue weighted by molar-refractivity contribution is 5.70. The molecular weight excluding hydrogens is 296 g/mol. The van der Waals surface area contributed by atoms with Gasteiger partial charge in [-0.1, -0.05) is 13.3 Å². The molecule has 8 nitrogen and oxygen atoms in total. The van der Waals surface area contributed by atoms with E-state index in [1.807, 2.05) is 0 Å². The molecule has 0 aromatic rings. The lowest BCUT2D eigenvalue weighted by atomic mass is 10.4. The molecule has 0 aromatic heterocycles. The molecule has 0 unspecified atom stereocenters. The molecule has 134 valence electrons. The molecule has 0 saturated heterocycles. The molecule has 3 N–H and O–H groups in total. The van der Waals surface area contributed by atoms with E-state index in [9.17, 15) is 4.79 Å². The predicted octanol–water partition coefficient (Wildman–Crippen LogP) is 0.445. The lowest BCUT2D eigenvalue weighted by molar-refractivity contribution is -0.148. The summed E-state index contributed by atoms with van der Waals surface area (Å²) in [6, 6.07) is 0. The number of carbonyl (C=O) groups excluding carboxylic acids is 1. The average Bonchev–Trinajstić information content (AvgIpc) is 2.44. The number of hydrogen-bond acceptors (Lipinski definition) is 7. The van der Waals surface area contributed by atoms with Gasteiger partial charge in [-0.3, -0.25) is 4.79 Å². The van der Waals surface area contributed by atoms with Crippen LogP contribution in [0.4, 0.5) is 0 Å². The smallest absolute Gasteiger partial charge is 0.332 e. The van der Waals surface area contributed by atoms with E-state index < -0.39 is 11.9 Å². The molecule has 0 bridgehead atoms. The first kappa shape index (κ1) is 25.7. The molecule has 0 saturated carbocycles. The molecule has 0 fully saturated rings. The summed E-state index contributed by atoms with van der Waals surface area (Å²) >= 11 is 0. The molecule has 0 heterocycles. The van der Waals surface area contributed by atoms with Crippen molar-refractivity contribution in [3.05, 3.63) is 0 Å². The van der Waals surface area contributed by atoms with Crippen LogP contribution in [0.3, 0.4) is 0 Å². The third-order valence-electron chi connectivity index (χ3n) is 1.64. The summed E-state index contributed by atoms with van der Waals surface area (Å²) in [7, 11) is 0. The normalized spacial score (nSPS) is 8.95. The Labute approximate surface area is 132 Å². The van der Waals surface area contributed by atoms with Crippen molar-refractivity contribution in [2.45, 2.75) is 33.6 Å².